The quantitative estimate of drug-likeness (QED) is 0.665. The Kier molecular flexibility index (Phi) is 5.94. The monoisotopic (exact) mass is 305 g/mol. The van der Waals surface area contributed by atoms with Gasteiger partial charge in [0.2, 0.25) is 0 Å². The highest BCUT2D eigenvalue weighted by atomic mass is 15.3. The van der Waals surface area contributed by atoms with Crippen molar-refractivity contribution in [2.45, 2.75) is 39.2 Å². The largest absolute Gasteiger partial charge is 0.265 e. The molecule has 2 aromatic rings. The number of hydrogen-bond acceptors (Lipinski definition) is 2. The summed E-state index contributed by atoms with van der Waals surface area (Å²) in [5.41, 5.74) is 3.28. The molecule has 118 valence electrons. The summed E-state index contributed by atoms with van der Waals surface area (Å²) in [6, 6.07) is 10.5. The number of hydrogen-bond donors (Lipinski definition) is 0. The van der Waals surface area contributed by atoms with E-state index in [1.54, 1.807) is 0 Å². The van der Waals surface area contributed by atoms with E-state index < -0.39 is 0 Å². The van der Waals surface area contributed by atoms with Crippen molar-refractivity contribution < 1.29 is 0 Å². The van der Waals surface area contributed by atoms with E-state index in [0.717, 1.165) is 35.1 Å². The first kappa shape index (κ1) is 16.8. The van der Waals surface area contributed by atoms with Crippen molar-refractivity contribution in [1.82, 2.24) is 9.78 Å². The molecule has 2 rings (SSSR count). The second-order valence-electron chi connectivity index (χ2n) is 5.36. The van der Waals surface area contributed by atoms with Crippen molar-refractivity contribution in [3.05, 3.63) is 66.4 Å². The van der Waals surface area contributed by atoms with Gasteiger partial charge in [-0.1, -0.05) is 49.1 Å². The van der Waals surface area contributed by atoms with Crippen molar-refractivity contribution in [3.8, 4) is 6.07 Å². The number of allylic oxidation sites excluding steroid dienone is 5. The second-order valence-corrected chi connectivity index (χ2v) is 5.36. The van der Waals surface area contributed by atoms with Crippen LogP contribution in [0, 0.1) is 11.3 Å². The molecule has 0 amide bonds. The van der Waals surface area contributed by atoms with Crippen LogP contribution in [0.15, 0.2) is 60.7 Å². The SMILES string of the molecule is C=C/C(=C\C=C/C)C(CCC#N)c1nn(CC)c2ccccc12. The zero-order chi connectivity index (χ0) is 16.7. The van der Waals surface area contributed by atoms with Gasteiger partial charge in [-0.2, -0.15) is 10.4 Å². The van der Waals surface area contributed by atoms with Crippen LogP contribution in [-0.2, 0) is 6.54 Å². The molecular formula is C20H23N3. The lowest BCUT2D eigenvalue weighted by molar-refractivity contribution is 0.636. The van der Waals surface area contributed by atoms with Crippen molar-refractivity contribution in [2.24, 2.45) is 0 Å². The van der Waals surface area contributed by atoms with E-state index in [1.165, 1.54) is 0 Å². The highest BCUT2D eigenvalue weighted by Crippen LogP contribution is 2.34. The first-order chi connectivity index (χ1) is 11.3. The van der Waals surface area contributed by atoms with Gasteiger partial charge < -0.3 is 0 Å². The molecule has 3 heteroatoms. The Labute approximate surface area is 138 Å². The first-order valence-corrected chi connectivity index (χ1v) is 8.04. The maximum atomic E-state index is 9.02. The Bertz CT molecular complexity index is 772. The summed E-state index contributed by atoms with van der Waals surface area (Å²) in [5.74, 6) is 0.0843. The molecule has 23 heavy (non-hydrogen) atoms. The molecule has 0 aliphatic rings. The highest BCUT2D eigenvalue weighted by molar-refractivity contribution is 5.83. The maximum absolute atomic E-state index is 9.02. The molecule has 1 unspecified atom stereocenters. The molecule has 1 aromatic heterocycles. The summed E-state index contributed by atoms with van der Waals surface area (Å²) in [6.07, 6.45) is 9.19. The molecule has 0 fully saturated rings. The van der Waals surface area contributed by atoms with Gasteiger partial charge in [0, 0.05) is 24.3 Å². The van der Waals surface area contributed by atoms with E-state index in [9.17, 15) is 0 Å². The smallest absolute Gasteiger partial charge is 0.0778 e. The Morgan fingerprint density at radius 2 is 2.22 bits per heavy atom. The van der Waals surface area contributed by atoms with Crippen LogP contribution in [0.5, 0.6) is 0 Å². The van der Waals surface area contributed by atoms with E-state index in [0.29, 0.717) is 6.42 Å². The lowest BCUT2D eigenvalue weighted by Gasteiger charge is -2.15. The molecule has 0 saturated carbocycles. The van der Waals surface area contributed by atoms with Crippen LogP contribution in [0.1, 0.15) is 38.3 Å². The Hall–Kier alpha value is -2.60. The van der Waals surface area contributed by atoms with Crippen molar-refractivity contribution in [1.29, 1.82) is 5.26 Å². The normalized spacial score (nSPS) is 13.3. The van der Waals surface area contributed by atoms with Gasteiger partial charge in [0.25, 0.3) is 0 Å². The second kappa shape index (κ2) is 8.14. The molecule has 0 radical (unpaired) electrons. The standard InChI is InChI=1S/C20H23N3/c1-4-7-11-16(5-2)17(13-10-15-21)20-18-12-8-9-14-19(18)23(6-3)22-20/h4-5,7-9,11-12,14,17H,2,6,10,13H2,1,3H3/b7-4-,16-11+. The molecular weight excluding hydrogens is 282 g/mol. The van der Waals surface area contributed by atoms with Crippen molar-refractivity contribution in [3.63, 3.8) is 0 Å². The Balaban J connectivity index is 2.60. The summed E-state index contributed by atoms with van der Waals surface area (Å²) in [5, 5.41) is 15.0. The fourth-order valence-corrected chi connectivity index (χ4v) is 2.86. The summed E-state index contributed by atoms with van der Waals surface area (Å²) in [4.78, 5) is 0. The predicted octanol–water partition coefficient (Wildman–Crippen LogP) is 5.13. The number of benzene rings is 1. The molecule has 0 aliphatic heterocycles. The maximum Gasteiger partial charge on any atom is 0.0778 e. The average Bonchev–Trinajstić information content (AvgIpc) is 2.96. The van der Waals surface area contributed by atoms with Crippen LogP contribution in [0.4, 0.5) is 0 Å². The van der Waals surface area contributed by atoms with Crippen LogP contribution < -0.4 is 0 Å². The third-order valence-corrected chi connectivity index (χ3v) is 3.98. The topological polar surface area (TPSA) is 41.6 Å². The van der Waals surface area contributed by atoms with Gasteiger partial charge in [-0.3, -0.25) is 4.68 Å². The van der Waals surface area contributed by atoms with E-state index in [1.807, 2.05) is 42.0 Å². The van der Waals surface area contributed by atoms with Crippen LogP contribution in [-0.4, -0.2) is 9.78 Å². The van der Waals surface area contributed by atoms with E-state index in [4.69, 9.17) is 10.4 Å². The minimum atomic E-state index is 0.0843. The number of aryl methyl sites for hydroxylation is 1. The fourth-order valence-electron chi connectivity index (χ4n) is 2.86. The van der Waals surface area contributed by atoms with Crippen LogP contribution in [0.3, 0.4) is 0 Å². The minimum absolute atomic E-state index is 0.0843. The van der Waals surface area contributed by atoms with Gasteiger partial charge in [-0.05, 0) is 31.9 Å². The zero-order valence-corrected chi connectivity index (χ0v) is 13.9. The number of nitriles is 1. The third-order valence-electron chi connectivity index (χ3n) is 3.98. The fraction of sp³-hybridized carbons (Fsp3) is 0.300. The third kappa shape index (κ3) is 3.60. The lowest BCUT2D eigenvalue weighted by Crippen LogP contribution is -2.04. The number of aromatic nitrogens is 2. The number of nitrogens with zero attached hydrogens (tertiary/aromatic N) is 3. The molecule has 1 atom stereocenters. The molecule has 3 nitrogen and oxygen atoms in total. The van der Waals surface area contributed by atoms with Crippen molar-refractivity contribution in [2.75, 3.05) is 0 Å². The molecule has 0 N–H and O–H groups in total. The van der Waals surface area contributed by atoms with Gasteiger partial charge >= 0.3 is 0 Å². The molecule has 0 bridgehead atoms. The first-order valence-electron chi connectivity index (χ1n) is 8.04. The lowest BCUT2D eigenvalue weighted by atomic mass is 9.89. The van der Waals surface area contributed by atoms with E-state index in [2.05, 4.69) is 37.8 Å². The molecule has 0 spiro atoms. The minimum Gasteiger partial charge on any atom is -0.265 e. The van der Waals surface area contributed by atoms with Gasteiger partial charge in [0.05, 0.1) is 17.3 Å². The summed E-state index contributed by atoms with van der Waals surface area (Å²) in [6.45, 7) is 8.87. The van der Waals surface area contributed by atoms with Gasteiger partial charge in [-0.15, -0.1) is 0 Å². The highest BCUT2D eigenvalue weighted by Gasteiger charge is 2.21. The molecule has 0 aliphatic carbocycles. The predicted molar refractivity (Wildman–Crippen MR) is 96.1 cm³/mol. The number of rotatable bonds is 7. The van der Waals surface area contributed by atoms with Gasteiger partial charge in [-0.25, -0.2) is 0 Å². The van der Waals surface area contributed by atoms with Crippen molar-refractivity contribution >= 4 is 10.9 Å². The Morgan fingerprint density at radius 1 is 1.43 bits per heavy atom. The number of para-hydroxylation sites is 1. The molecule has 1 aromatic carbocycles. The Morgan fingerprint density at radius 3 is 2.87 bits per heavy atom. The number of fused-ring (bicyclic) bond motifs is 1. The zero-order valence-electron chi connectivity index (χ0n) is 13.9. The van der Waals surface area contributed by atoms with Crippen LogP contribution in [0.2, 0.25) is 0 Å². The van der Waals surface area contributed by atoms with Gasteiger partial charge in [0.15, 0.2) is 0 Å². The van der Waals surface area contributed by atoms with E-state index >= 15 is 0 Å². The summed E-state index contributed by atoms with van der Waals surface area (Å²) >= 11 is 0. The molecule has 1 heterocycles. The van der Waals surface area contributed by atoms with E-state index in [-0.39, 0.29) is 5.92 Å². The van der Waals surface area contributed by atoms with Crippen LogP contribution >= 0.6 is 0 Å². The van der Waals surface area contributed by atoms with Crippen LogP contribution in [0.25, 0.3) is 10.9 Å². The summed E-state index contributed by atoms with van der Waals surface area (Å²) in [7, 11) is 0. The summed E-state index contributed by atoms with van der Waals surface area (Å²) < 4.78 is 2.03. The average molecular weight is 305 g/mol. The van der Waals surface area contributed by atoms with Gasteiger partial charge in [0.1, 0.15) is 0 Å². The molecule has 0 saturated heterocycles.